The van der Waals surface area contributed by atoms with E-state index in [4.69, 9.17) is 16.3 Å². The summed E-state index contributed by atoms with van der Waals surface area (Å²) in [6.45, 7) is 2.07. The first-order valence-electron chi connectivity index (χ1n) is 9.84. The molecule has 146 valence electrons. The molecule has 4 saturated carbocycles. The van der Waals surface area contributed by atoms with Crippen molar-refractivity contribution in [3.63, 3.8) is 0 Å². The highest BCUT2D eigenvalue weighted by Gasteiger charge is 2.53. The predicted octanol–water partition coefficient (Wildman–Crippen LogP) is 4.01. The molecule has 0 radical (unpaired) electrons. The van der Waals surface area contributed by atoms with E-state index in [-0.39, 0.29) is 11.5 Å². The van der Waals surface area contributed by atoms with E-state index in [0.717, 1.165) is 17.8 Å². The normalized spacial score (nSPS) is 32.0. The molecule has 5 nitrogen and oxygen atoms in total. The number of amides is 2. The number of carbonyl (C=O) groups is 2. The highest BCUT2D eigenvalue weighted by Crippen LogP contribution is 2.61. The smallest absolute Gasteiger partial charge is 0.313 e. The summed E-state index contributed by atoms with van der Waals surface area (Å²) in [5.74, 6) is 1.72. The Kier molecular flexibility index (Phi) is 4.83. The van der Waals surface area contributed by atoms with E-state index >= 15 is 0 Å². The molecule has 0 saturated heterocycles. The molecule has 1 unspecified atom stereocenters. The lowest BCUT2D eigenvalue weighted by atomic mass is 9.48. The minimum absolute atomic E-state index is 0.0172. The summed E-state index contributed by atoms with van der Waals surface area (Å²) in [6.07, 6.45) is 7.65. The van der Waals surface area contributed by atoms with Crippen LogP contribution in [-0.4, -0.2) is 25.0 Å². The van der Waals surface area contributed by atoms with Gasteiger partial charge in [-0.15, -0.1) is 0 Å². The Morgan fingerprint density at radius 1 is 1.11 bits per heavy atom. The van der Waals surface area contributed by atoms with E-state index in [1.807, 2.05) is 0 Å². The molecule has 4 fully saturated rings. The predicted molar refractivity (Wildman–Crippen MR) is 105 cm³/mol. The minimum Gasteiger partial charge on any atom is -0.495 e. The molecule has 0 aliphatic heterocycles. The van der Waals surface area contributed by atoms with Crippen molar-refractivity contribution in [2.45, 2.75) is 51.5 Å². The monoisotopic (exact) mass is 390 g/mol. The number of methoxy groups -OCH3 is 1. The third kappa shape index (κ3) is 3.54. The lowest BCUT2D eigenvalue weighted by Gasteiger charge is -2.59. The molecule has 1 aromatic rings. The fraction of sp³-hybridized carbons (Fsp3) is 0.619. The number of carbonyl (C=O) groups excluding carboxylic acids is 2. The van der Waals surface area contributed by atoms with Gasteiger partial charge in [0.1, 0.15) is 5.75 Å². The van der Waals surface area contributed by atoms with Crippen molar-refractivity contribution in [2.24, 2.45) is 23.2 Å². The van der Waals surface area contributed by atoms with Crippen LogP contribution in [0.5, 0.6) is 5.75 Å². The van der Waals surface area contributed by atoms with Gasteiger partial charge in [-0.05, 0) is 86.8 Å². The van der Waals surface area contributed by atoms with Gasteiger partial charge in [-0.1, -0.05) is 11.6 Å². The quantitative estimate of drug-likeness (QED) is 0.763. The van der Waals surface area contributed by atoms with Crippen LogP contribution in [0.15, 0.2) is 18.2 Å². The van der Waals surface area contributed by atoms with Crippen LogP contribution in [0, 0.1) is 23.2 Å². The van der Waals surface area contributed by atoms with Gasteiger partial charge in [0.15, 0.2) is 0 Å². The summed E-state index contributed by atoms with van der Waals surface area (Å²) >= 11 is 6.08. The maximum absolute atomic E-state index is 12.5. The summed E-state index contributed by atoms with van der Waals surface area (Å²) in [6, 6.07) is 4.92. The van der Waals surface area contributed by atoms with Crippen LogP contribution in [0.4, 0.5) is 5.69 Å². The zero-order valence-electron chi connectivity index (χ0n) is 15.9. The molecule has 0 heterocycles. The van der Waals surface area contributed by atoms with Crippen LogP contribution >= 0.6 is 11.6 Å². The van der Waals surface area contributed by atoms with Gasteiger partial charge < -0.3 is 15.4 Å². The van der Waals surface area contributed by atoms with Gasteiger partial charge in [0, 0.05) is 11.7 Å². The van der Waals surface area contributed by atoms with Gasteiger partial charge in [-0.2, -0.15) is 0 Å². The second-order valence-corrected chi connectivity index (χ2v) is 9.19. The SMILES string of the molecule is COc1ccc(NC(=O)C(=O)NC(C)C23CC4CC(CC(C4)C2)C3)cc1Cl. The number of hydrogen-bond acceptors (Lipinski definition) is 3. The first-order valence-corrected chi connectivity index (χ1v) is 10.2. The van der Waals surface area contributed by atoms with Crippen LogP contribution in [0.25, 0.3) is 0 Å². The molecular formula is C21H27ClN2O3. The van der Waals surface area contributed by atoms with E-state index in [0.29, 0.717) is 16.5 Å². The van der Waals surface area contributed by atoms with Crippen LogP contribution < -0.4 is 15.4 Å². The van der Waals surface area contributed by atoms with E-state index in [1.54, 1.807) is 18.2 Å². The van der Waals surface area contributed by atoms with Gasteiger partial charge in [-0.3, -0.25) is 9.59 Å². The van der Waals surface area contributed by atoms with E-state index in [2.05, 4.69) is 17.6 Å². The first kappa shape index (κ1) is 18.6. The lowest BCUT2D eigenvalue weighted by Crippen LogP contribution is -2.57. The number of hydrogen-bond donors (Lipinski definition) is 2. The molecule has 6 heteroatoms. The summed E-state index contributed by atoms with van der Waals surface area (Å²) in [4.78, 5) is 24.8. The minimum atomic E-state index is -0.659. The van der Waals surface area contributed by atoms with Crippen molar-refractivity contribution < 1.29 is 14.3 Å². The number of rotatable bonds is 4. The van der Waals surface area contributed by atoms with Crippen molar-refractivity contribution in [1.82, 2.24) is 5.32 Å². The fourth-order valence-electron chi connectivity index (χ4n) is 6.06. The Bertz CT molecular complexity index is 729. The van der Waals surface area contributed by atoms with Crippen molar-refractivity contribution in [2.75, 3.05) is 12.4 Å². The van der Waals surface area contributed by atoms with Crippen molar-refractivity contribution in [1.29, 1.82) is 0 Å². The summed E-state index contributed by atoms with van der Waals surface area (Å²) in [7, 11) is 1.53. The maximum atomic E-state index is 12.5. The second kappa shape index (κ2) is 7.01. The Hall–Kier alpha value is -1.75. The third-order valence-corrected chi connectivity index (χ3v) is 7.26. The summed E-state index contributed by atoms with van der Waals surface area (Å²) < 4.78 is 5.10. The number of nitrogens with one attached hydrogen (secondary N) is 2. The van der Waals surface area contributed by atoms with Crippen LogP contribution in [0.3, 0.4) is 0 Å². The van der Waals surface area contributed by atoms with Crippen molar-refractivity contribution in [3.05, 3.63) is 23.2 Å². The van der Waals surface area contributed by atoms with Crippen LogP contribution in [-0.2, 0) is 9.59 Å². The van der Waals surface area contributed by atoms with Gasteiger partial charge in [0.05, 0.1) is 12.1 Å². The topological polar surface area (TPSA) is 67.4 Å². The zero-order chi connectivity index (χ0) is 19.2. The number of anilines is 1. The van der Waals surface area contributed by atoms with Crippen molar-refractivity contribution in [3.8, 4) is 5.75 Å². The largest absolute Gasteiger partial charge is 0.495 e. The average molecular weight is 391 g/mol. The Labute approximate surface area is 165 Å². The first-order chi connectivity index (χ1) is 12.9. The zero-order valence-corrected chi connectivity index (χ0v) is 16.6. The highest BCUT2D eigenvalue weighted by atomic mass is 35.5. The Morgan fingerprint density at radius 3 is 2.22 bits per heavy atom. The fourth-order valence-corrected chi connectivity index (χ4v) is 6.31. The average Bonchev–Trinajstić information content (AvgIpc) is 2.60. The van der Waals surface area contributed by atoms with E-state index < -0.39 is 11.8 Å². The maximum Gasteiger partial charge on any atom is 0.313 e. The van der Waals surface area contributed by atoms with Crippen molar-refractivity contribution >= 4 is 29.1 Å². The molecule has 27 heavy (non-hydrogen) atoms. The lowest BCUT2D eigenvalue weighted by molar-refractivity contribution is -0.138. The van der Waals surface area contributed by atoms with Gasteiger partial charge >= 0.3 is 11.8 Å². The molecule has 4 bridgehead atoms. The van der Waals surface area contributed by atoms with E-state index in [1.165, 1.54) is 45.6 Å². The number of halogens is 1. The number of benzene rings is 1. The van der Waals surface area contributed by atoms with Gasteiger partial charge in [0.2, 0.25) is 0 Å². The molecule has 1 atom stereocenters. The third-order valence-electron chi connectivity index (χ3n) is 6.97. The van der Waals surface area contributed by atoms with Crippen LogP contribution in [0.1, 0.15) is 45.4 Å². The molecule has 5 rings (SSSR count). The molecule has 4 aliphatic rings. The molecule has 2 amide bonds. The highest BCUT2D eigenvalue weighted by molar-refractivity contribution is 6.40. The molecule has 1 aromatic carbocycles. The standard InChI is InChI=1S/C21H27ClN2O3/c1-12(21-9-13-5-14(10-21)7-15(6-13)11-21)23-19(25)20(26)24-16-3-4-18(27-2)17(22)8-16/h3-4,8,12-15H,5-7,9-11H2,1-2H3,(H,23,25)(H,24,26). The second-order valence-electron chi connectivity index (χ2n) is 8.78. The van der Waals surface area contributed by atoms with Gasteiger partial charge in [-0.25, -0.2) is 0 Å². The molecule has 0 aromatic heterocycles. The Balaban J connectivity index is 1.38. The molecule has 4 aliphatic carbocycles. The summed E-state index contributed by atoms with van der Waals surface area (Å²) in [5, 5.41) is 5.99. The molecule has 0 spiro atoms. The molecular weight excluding hydrogens is 364 g/mol. The number of ether oxygens (including phenoxy) is 1. The van der Waals surface area contributed by atoms with Crippen LogP contribution in [0.2, 0.25) is 5.02 Å². The summed E-state index contributed by atoms with van der Waals surface area (Å²) in [5.41, 5.74) is 0.650. The molecule has 2 N–H and O–H groups in total. The van der Waals surface area contributed by atoms with Gasteiger partial charge in [0.25, 0.3) is 0 Å². The van der Waals surface area contributed by atoms with E-state index in [9.17, 15) is 9.59 Å². The Morgan fingerprint density at radius 2 is 1.70 bits per heavy atom.